The van der Waals surface area contributed by atoms with E-state index in [1.165, 1.54) is 25.7 Å². The molecular weight excluding hydrogens is 240 g/mol. The Hall–Kier alpha value is -1.22. The topological polar surface area (TPSA) is 38.7 Å². The molecule has 106 valence electrons. The van der Waals surface area contributed by atoms with Crippen LogP contribution in [-0.2, 0) is 6.61 Å². The highest BCUT2D eigenvalue weighted by molar-refractivity contribution is 5.40. The first-order chi connectivity index (χ1) is 9.33. The Labute approximate surface area is 115 Å². The Morgan fingerprint density at radius 2 is 2.00 bits per heavy atom. The Kier molecular flexibility index (Phi) is 5.52. The second-order valence-electron chi connectivity index (χ2n) is 5.24. The summed E-state index contributed by atoms with van der Waals surface area (Å²) in [6.07, 6.45) is 6.15. The zero-order valence-electron chi connectivity index (χ0n) is 11.7. The summed E-state index contributed by atoms with van der Waals surface area (Å²) in [6, 6.07) is 5.68. The van der Waals surface area contributed by atoms with Gasteiger partial charge in [0, 0.05) is 11.6 Å². The van der Waals surface area contributed by atoms with Gasteiger partial charge in [0.25, 0.3) is 0 Å². The third-order valence-electron chi connectivity index (χ3n) is 3.63. The zero-order valence-corrected chi connectivity index (χ0v) is 11.7. The molecule has 0 unspecified atom stereocenters. The summed E-state index contributed by atoms with van der Waals surface area (Å²) < 4.78 is 11.5. The Morgan fingerprint density at radius 1 is 1.21 bits per heavy atom. The molecule has 19 heavy (non-hydrogen) atoms. The van der Waals surface area contributed by atoms with E-state index in [0.29, 0.717) is 12.5 Å². The molecule has 1 aromatic carbocycles. The molecule has 0 radical (unpaired) electrons. The summed E-state index contributed by atoms with van der Waals surface area (Å²) in [5.74, 6) is 2.26. The third-order valence-corrected chi connectivity index (χ3v) is 3.63. The molecule has 3 heteroatoms. The minimum absolute atomic E-state index is 0.00799. The van der Waals surface area contributed by atoms with Gasteiger partial charge in [0.2, 0.25) is 0 Å². The Morgan fingerprint density at radius 3 is 2.68 bits per heavy atom. The third kappa shape index (κ3) is 4.13. The monoisotopic (exact) mass is 264 g/mol. The predicted molar refractivity (Wildman–Crippen MR) is 75.6 cm³/mol. The van der Waals surface area contributed by atoms with Crippen molar-refractivity contribution >= 4 is 0 Å². The molecule has 0 saturated heterocycles. The molecule has 0 amide bonds. The van der Waals surface area contributed by atoms with Crippen LogP contribution in [0, 0.1) is 5.92 Å². The summed E-state index contributed by atoms with van der Waals surface area (Å²) >= 11 is 0. The maximum absolute atomic E-state index is 9.36. The van der Waals surface area contributed by atoms with Gasteiger partial charge in [-0.3, -0.25) is 0 Å². The van der Waals surface area contributed by atoms with Crippen LogP contribution in [0.3, 0.4) is 0 Å². The normalized spacial score (nSPS) is 15.7. The van der Waals surface area contributed by atoms with Crippen molar-refractivity contribution in [3.63, 3.8) is 0 Å². The van der Waals surface area contributed by atoms with E-state index >= 15 is 0 Å². The van der Waals surface area contributed by atoms with Crippen LogP contribution in [0.2, 0.25) is 0 Å². The lowest BCUT2D eigenvalue weighted by Crippen LogP contribution is -2.09. The highest BCUT2D eigenvalue weighted by Gasteiger charge is 2.16. The van der Waals surface area contributed by atoms with E-state index in [-0.39, 0.29) is 6.61 Å². The molecule has 0 atom stereocenters. The first-order valence-electron chi connectivity index (χ1n) is 7.33. The fourth-order valence-electron chi connectivity index (χ4n) is 2.49. The van der Waals surface area contributed by atoms with Gasteiger partial charge in [0.05, 0.1) is 19.8 Å². The highest BCUT2D eigenvalue weighted by Crippen LogP contribution is 2.29. The number of hydrogen-bond acceptors (Lipinski definition) is 3. The summed E-state index contributed by atoms with van der Waals surface area (Å²) in [5.41, 5.74) is 0.835. The molecular formula is C16H24O3. The van der Waals surface area contributed by atoms with Crippen molar-refractivity contribution in [2.75, 3.05) is 13.2 Å². The van der Waals surface area contributed by atoms with Crippen LogP contribution in [0.1, 0.15) is 44.6 Å². The largest absolute Gasteiger partial charge is 0.493 e. The van der Waals surface area contributed by atoms with Crippen LogP contribution in [0.5, 0.6) is 11.5 Å². The number of benzene rings is 1. The second kappa shape index (κ2) is 7.39. The Balaban J connectivity index is 1.98. The van der Waals surface area contributed by atoms with Gasteiger partial charge in [-0.25, -0.2) is 0 Å². The fourth-order valence-corrected chi connectivity index (χ4v) is 2.49. The molecule has 2 rings (SSSR count). The van der Waals surface area contributed by atoms with Crippen molar-refractivity contribution < 1.29 is 14.6 Å². The maximum atomic E-state index is 9.36. The van der Waals surface area contributed by atoms with Crippen molar-refractivity contribution in [1.82, 2.24) is 0 Å². The summed E-state index contributed by atoms with van der Waals surface area (Å²) in [5, 5.41) is 9.36. The van der Waals surface area contributed by atoms with Gasteiger partial charge in [0.15, 0.2) is 0 Å². The summed E-state index contributed by atoms with van der Waals surface area (Å²) in [4.78, 5) is 0. The van der Waals surface area contributed by atoms with Crippen LogP contribution in [-0.4, -0.2) is 18.3 Å². The van der Waals surface area contributed by atoms with Gasteiger partial charge in [-0.2, -0.15) is 0 Å². The lowest BCUT2D eigenvalue weighted by molar-refractivity contribution is 0.232. The quantitative estimate of drug-likeness (QED) is 0.818. The number of hydrogen-bond donors (Lipinski definition) is 1. The zero-order chi connectivity index (χ0) is 13.5. The molecule has 0 aromatic heterocycles. The molecule has 1 fully saturated rings. The van der Waals surface area contributed by atoms with Crippen LogP contribution in [0.4, 0.5) is 0 Å². The molecule has 0 spiro atoms. The van der Waals surface area contributed by atoms with Crippen molar-refractivity contribution in [2.24, 2.45) is 5.92 Å². The second-order valence-corrected chi connectivity index (χ2v) is 5.24. The van der Waals surface area contributed by atoms with Crippen LogP contribution in [0.25, 0.3) is 0 Å². The van der Waals surface area contributed by atoms with Crippen molar-refractivity contribution in [1.29, 1.82) is 0 Å². The fraction of sp³-hybridized carbons (Fsp3) is 0.625. The first-order valence-corrected chi connectivity index (χ1v) is 7.33. The molecule has 1 N–H and O–H groups in total. The molecule has 1 aliphatic rings. The highest BCUT2D eigenvalue weighted by atomic mass is 16.5. The van der Waals surface area contributed by atoms with Crippen LogP contribution in [0.15, 0.2) is 18.2 Å². The SMILES string of the molecule is CCCOc1ccc(CO)c(OCC2CCCC2)c1. The minimum Gasteiger partial charge on any atom is -0.493 e. The van der Waals surface area contributed by atoms with E-state index in [2.05, 4.69) is 6.92 Å². The molecule has 0 bridgehead atoms. The van der Waals surface area contributed by atoms with E-state index in [0.717, 1.165) is 30.1 Å². The predicted octanol–water partition coefficient (Wildman–Crippen LogP) is 3.54. The van der Waals surface area contributed by atoms with E-state index in [4.69, 9.17) is 9.47 Å². The van der Waals surface area contributed by atoms with Gasteiger partial charge in [-0.15, -0.1) is 0 Å². The van der Waals surface area contributed by atoms with E-state index in [1.807, 2.05) is 18.2 Å². The summed E-state index contributed by atoms with van der Waals surface area (Å²) in [6.45, 7) is 3.55. The average Bonchev–Trinajstić information content (AvgIpc) is 2.96. The molecule has 1 aliphatic carbocycles. The van der Waals surface area contributed by atoms with Gasteiger partial charge >= 0.3 is 0 Å². The molecule has 0 aliphatic heterocycles. The number of ether oxygens (including phenoxy) is 2. The first kappa shape index (κ1) is 14.2. The van der Waals surface area contributed by atoms with Gasteiger partial charge < -0.3 is 14.6 Å². The van der Waals surface area contributed by atoms with Gasteiger partial charge in [-0.05, 0) is 37.3 Å². The smallest absolute Gasteiger partial charge is 0.128 e. The van der Waals surface area contributed by atoms with E-state index < -0.39 is 0 Å². The van der Waals surface area contributed by atoms with E-state index in [9.17, 15) is 5.11 Å². The van der Waals surface area contributed by atoms with Gasteiger partial charge in [-0.1, -0.05) is 19.8 Å². The number of rotatable bonds is 7. The summed E-state index contributed by atoms with van der Waals surface area (Å²) in [7, 11) is 0. The average molecular weight is 264 g/mol. The van der Waals surface area contributed by atoms with Crippen molar-refractivity contribution in [2.45, 2.75) is 45.6 Å². The maximum Gasteiger partial charge on any atom is 0.128 e. The van der Waals surface area contributed by atoms with Crippen molar-refractivity contribution in [3.8, 4) is 11.5 Å². The van der Waals surface area contributed by atoms with E-state index in [1.54, 1.807) is 0 Å². The standard InChI is InChI=1S/C16H24O3/c1-2-9-18-15-8-7-14(11-17)16(10-15)19-12-13-5-3-4-6-13/h7-8,10,13,17H,2-6,9,11-12H2,1H3. The number of aliphatic hydroxyl groups excluding tert-OH is 1. The molecule has 0 heterocycles. The van der Waals surface area contributed by atoms with Crippen molar-refractivity contribution in [3.05, 3.63) is 23.8 Å². The Bertz CT molecular complexity index is 384. The lowest BCUT2D eigenvalue weighted by Gasteiger charge is -2.15. The molecule has 1 aromatic rings. The van der Waals surface area contributed by atoms with Gasteiger partial charge in [0.1, 0.15) is 11.5 Å². The lowest BCUT2D eigenvalue weighted by atomic mass is 10.1. The molecule has 1 saturated carbocycles. The molecule has 3 nitrogen and oxygen atoms in total. The van der Waals surface area contributed by atoms with Crippen LogP contribution < -0.4 is 9.47 Å². The van der Waals surface area contributed by atoms with Crippen LogP contribution >= 0.6 is 0 Å². The minimum atomic E-state index is 0.00799. The number of aliphatic hydroxyl groups is 1.